The predicted molar refractivity (Wildman–Crippen MR) is 108 cm³/mol. The first-order valence-corrected chi connectivity index (χ1v) is 8.90. The molecule has 0 aliphatic rings. The Morgan fingerprint density at radius 1 is 0.852 bits per heavy atom. The Balaban J connectivity index is 1.49. The summed E-state index contributed by atoms with van der Waals surface area (Å²) in [5, 5.41) is 2.85. The molecule has 4 heteroatoms. The van der Waals surface area contributed by atoms with Crippen molar-refractivity contribution in [2.75, 3.05) is 25.6 Å². The molecule has 27 heavy (non-hydrogen) atoms. The highest BCUT2D eigenvalue weighted by atomic mass is 16.5. The van der Waals surface area contributed by atoms with Gasteiger partial charge in [0.15, 0.2) is 6.61 Å². The fourth-order valence-corrected chi connectivity index (χ4v) is 2.69. The van der Waals surface area contributed by atoms with Crippen LogP contribution in [0.1, 0.15) is 5.56 Å². The molecular weight excluding hydrogens is 338 g/mol. The van der Waals surface area contributed by atoms with Crippen LogP contribution in [0.15, 0.2) is 78.9 Å². The number of methoxy groups -OCH3 is 1. The molecule has 0 bridgehead atoms. The summed E-state index contributed by atoms with van der Waals surface area (Å²) in [6, 6.07) is 25.6. The highest BCUT2D eigenvalue weighted by Crippen LogP contribution is 2.21. The molecule has 0 saturated carbocycles. The zero-order valence-electron chi connectivity index (χ0n) is 15.4. The first kappa shape index (κ1) is 18.7. The van der Waals surface area contributed by atoms with Crippen LogP contribution in [-0.4, -0.2) is 26.2 Å². The lowest BCUT2D eigenvalue weighted by Gasteiger charge is -2.09. The fourth-order valence-electron chi connectivity index (χ4n) is 2.69. The first-order valence-electron chi connectivity index (χ1n) is 8.90. The lowest BCUT2D eigenvalue weighted by molar-refractivity contribution is -0.118. The van der Waals surface area contributed by atoms with Gasteiger partial charge in [-0.15, -0.1) is 0 Å². The number of rotatable bonds is 8. The van der Waals surface area contributed by atoms with Gasteiger partial charge >= 0.3 is 0 Å². The molecule has 0 aliphatic heterocycles. The Bertz CT molecular complexity index is 843. The van der Waals surface area contributed by atoms with E-state index in [9.17, 15) is 4.79 Å². The van der Waals surface area contributed by atoms with Crippen LogP contribution in [0.3, 0.4) is 0 Å². The van der Waals surface area contributed by atoms with Crippen LogP contribution in [0, 0.1) is 0 Å². The number of carbonyl (C=O) groups excluding carboxylic acids is 1. The third kappa shape index (κ3) is 5.69. The minimum atomic E-state index is -0.189. The minimum absolute atomic E-state index is 0.0299. The maximum atomic E-state index is 12.1. The molecule has 0 saturated heterocycles. The van der Waals surface area contributed by atoms with Crippen molar-refractivity contribution < 1.29 is 14.3 Å². The van der Waals surface area contributed by atoms with E-state index >= 15 is 0 Å². The van der Waals surface area contributed by atoms with E-state index in [4.69, 9.17) is 9.47 Å². The number of amides is 1. The van der Waals surface area contributed by atoms with E-state index < -0.39 is 0 Å². The lowest BCUT2D eigenvalue weighted by atomic mass is 10.1. The Hall–Kier alpha value is -3.11. The van der Waals surface area contributed by atoms with Gasteiger partial charge in [-0.05, 0) is 47.4 Å². The zero-order chi connectivity index (χ0) is 18.9. The van der Waals surface area contributed by atoms with Gasteiger partial charge in [0.25, 0.3) is 5.91 Å². The molecule has 4 nitrogen and oxygen atoms in total. The Labute approximate surface area is 159 Å². The monoisotopic (exact) mass is 361 g/mol. The van der Waals surface area contributed by atoms with Crippen molar-refractivity contribution >= 4 is 11.6 Å². The van der Waals surface area contributed by atoms with Gasteiger partial charge in [-0.2, -0.15) is 0 Å². The summed E-state index contributed by atoms with van der Waals surface area (Å²) in [7, 11) is 1.69. The third-order valence-electron chi connectivity index (χ3n) is 4.16. The predicted octanol–water partition coefficient (Wildman–Crippen LogP) is 4.56. The molecular formula is C23H23NO3. The zero-order valence-corrected chi connectivity index (χ0v) is 15.4. The van der Waals surface area contributed by atoms with Crippen LogP contribution in [0.5, 0.6) is 5.75 Å². The maximum absolute atomic E-state index is 12.1. The van der Waals surface area contributed by atoms with Crippen molar-refractivity contribution in [3.63, 3.8) is 0 Å². The summed E-state index contributed by atoms with van der Waals surface area (Å²) in [5.41, 5.74) is 4.18. The van der Waals surface area contributed by atoms with Crippen molar-refractivity contribution in [1.82, 2.24) is 0 Å². The van der Waals surface area contributed by atoms with Gasteiger partial charge < -0.3 is 14.8 Å². The van der Waals surface area contributed by atoms with E-state index in [1.807, 2.05) is 66.7 Å². The second-order valence-corrected chi connectivity index (χ2v) is 6.17. The highest BCUT2D eigenvalue weighted by molar-refractivity contribution is 5.92. The van der Waals surface area contributed by atoms with E-state index in [1.54, 1.807) is 7.11 Å². The van der Waals surface area contributed by atoms with Gasteiger partial charge in [0, 0.05) is 12.8 Å². The van der Waals surface area contributed by atoms with E-state index in [-0.39, 0.29) is 12.5 Å². The average Bonchev–Trinajstić information content (AvgIpc) is 2.73. The molecule has 138 valence electrons. The van der Waals surface area contributed by atoms with Crippen LogP contribution < -0.4 is 10.1 Å². The summed E-state index contributed by atoms with van der Waals surface area (Å²) in [4.78, 5) is 12.1. The van der Waals surface area contributed by atoms with Gasteiger partial charge in [0.1, 0.15) is 5.75 Å². The quantitative estimate of drug-likeness (QED) is 0.640. The second-order valence-electron chi connectivity index (χ2n) is 6.17. The molecule has 0 heterocycles. The summed E-state index contributed by atoms with van der Waals surface area (Å²) in [6.45, 7) is 0.656. The van der Waals surface area contributed by atoms with Crippen molar-refractivity contribution in [2.24, 2.45) is 0 Å². The van der Waals surface area contributed by atoms with E-state index in [1.165, 1.54) is 5.56 Å². The van der Waals surface area contributed by atoms with E-state index in [2.05, 4.69) is 17.4 Å². The second kappa shape index (κ2) is 9.55. The number of ether oxygens (including phenoxy) is 2. The molecule has 1 N–H and O–H groups in total. The number of benzene rings is 3. The average molecular weight is 361 g/mol. The topological polar surface area (TPSA) is 47.6 Å². The van der Waals surface area contributed by atoms with E-state index in [0.717, 1.165) is 23.2 Å². The van der Waals surface area contributed by atoms with Crippen molar-refractivity contribution in [2.45, 2.75) is 6.42 Å². The Morgan fingerprint density at radius 3 is 2.19 bits per heavy atom. The molecule has 0 aliphatic carbocycles. The summed E-state index contributed by atoms with van der Waals surface area (Å²) < 4.78 is 10.6. The largest absolute Gasteiger partial charge is 0.484 e. The smallest absolute Gasteiger partial charge is 0.262 e. The van der Waals surface area contributed by atoms with Crippen molar-refractivity contribution in [3.05, 3.63) is 84.4 Å². The number of carbonyl (C=O) groups is 1. The number of nitrogens with one attached hydrogen (secondary N) is 1. The van der Waals surface area contributed by atoms with Crippen molar-refractivity contribution in [3.8, 4) is 16.9 Å². The van der Waals surface area contributed by atoms with Crippen LogP contribution in [0.25, 0.3) is 11.1 Å². The number of anilines is 1. The Morgan fingerprint density at radius 2 is 1.52 bits per heavy atom. The van der Waals surface area contributed by atoms with E-state index in [0.29, 0.717) is 12.4 Å². The van der Waals surface area contributed by atoms with Gasteiger partial charge in [0.2, 0.25) is 0 Å². The molecule has 0 atom stereocenters. The summed E-state index contributed by atoms with van der Waals surface area (Å²) in [6.07, 6.45) is 0.857. The molecule has 1 amide bonds. The van der Waals surface area contributed by atoms with Crippen LogP contribution >= 0.6 is 0 Å². The van der Waals surface area contributed by atoms with Gasteiger partial charge in [-0.25, -0.2) is 0 Å². The standard InChI is InChI=1S/C23H23NO3/c1-26-16-15-18-7-13-22(14-8-18)27-17-23(25)24-21-11-9-20(10-12-21)19-5-3-2-4-6-19/h2-14H,15-17H2,1H3,(H,24,25). The fraction of sp³-hybridized carbons (Fsp3) is 0.174. The third-order valence-corrected chi connectivity index (χ3v) is 4.16. The molecule has 0 unspecified atom stereocenters. The molecule has 0 radical (unpaired) electrons. The molecule has 3 rings (SSSR count). The molecule has 0 fully saturated rings. The summed E-state index contributed by atoms with van der Waals surface area (Å²) in [5.74, 6) is 0.483. The number of hydrogen-bond donors (Lipinski definition) is 1. The first-order chi connectivity index (χ1) is 13.2. The normalized spacial score (nSPS) is 10.4. The number of hydrogen-bond acceptors (Lipinski definition) is 3. The van der Waals surface area contributed by atoms with Crippen molar-refractivity contribution in [1.29, 1.82) is 0 Å². The highest BCUT2D eigenvalue weighted by Gasteiger charge is 2.05. The van der Waals surface area contributed by atoms with Crippen LogP contribution in [-0.2, 0) is 16.0 Å². The van der Waals surface area contributed by atoms with Crippen LogP contribution in [0.4, 0.5) is 5.69 Å². The molecule has 3 aromatic rings. The SMILES string of the molecule is COCCc1ccc(OCC(=O)Nc2ccc(-c3ccccc3)cc2)cc1. The van der Waals surface area contributed by atoms with Gasteiger partial charge in [0.05, 0.1) is 6.61 Å². The maximum Gasteiger partial charge on any atom is 0.262 e. The lowest BCUT2D eigenvalue weighted by Crippen LogP contribution is -2.20. The Kier molecular flexibility index (Phi) is 6.61. The summed E-state index contributed by atoms with van der Waals surface area (Å²) >= 11 is 0. The minimum Gasteiger partial charge on any atom is -0.484 e. The van der Waals surface area contributed by atoms with Gasteiger partial charge in [-0.1, -0.05) is 54.6 Å². The van der Waals surface area contributed by atoms with Gasteiger partial charge in [-0.3, -0.25) is 4.79 Å². The molecule has 0 spiro atoms. The molecule has 3 aromatic carbocycles. The molecule has 0 aromatic heterocycles. The van der Waals surface area contributed by atoms with Crippen LogP contribution in [0.2, 0.25) is 0 Å².